The number of likely N-dealkylation sites (tertiary alicyclic amines) is 1. The second kappa shape index (κ2) is 8.35. The molecule has 27 heavy (non-hydrogen) atoms. The Bertz CT molecular complexity index is 770. The van der Waals surface area contributed by atoms with E-state index >= 15 is 0 Å². The maximum absolute atomic E-state index is 12.5. The summed E-state index contributed by atoms with van der Waals surface area (Å²) in [6.45, 7) is 1.89. The van der Waals surface area contributed by atoms with Crippen molar-refractivity contribution in [2.45, 2.75) is 37.5 Å². The number of nitrogens with zero attached hydrogens (tertiary/aromatic N) is 2. The number of hydrogen-bond acceptors (Lipinski definition) is 5. The van der Waals surface area contributed by atoms with Crippen molar-refractivity contribution in [3.05, 3.63) is 64.9 Å². The summed E-state index contributed by atoms with van der Waals surface area (Å²) >= 11 is 5.90. The third kappa shape index (κ3) is 4.47. The Hall–Kier alpha value is -1.99. The van der Waals surface area contributed by atoms with Crippen LogP contribution in [-0.4, -0.2) is 41.1 Å². The van der Waals surface area contributed by atoms with Crippen LogP contribution in [-0.2, 0) is 0 Å². The number of amides is 1. The molecule has 3 unspecified atom stereocenters. The van der Waals surface area contributed by atoms with Crippen LogP contribution in [0, 0.1) is 0 Å². The lowest BCUT2D eigenvalue weighted by molar-refractivity contribution is 0.0856. The summed E-state index contributed by atoms with van der Waals surface area (Å²) in [7, 11) is 0. The molecule has 4 rings (SSSR count). The summed E-state index contributed by atoms with van der Waals surface area (Å²) in [4.78, 5) is 19.0. The van der Waals surface area contributed by atoms with Crippen molar-refractivity contribution in [3.63, 3.8) is 0 Å². The molecule has 2 aliphatic rings. The van der Waals surface area contributed by atoms with Gasteiger partial charge in [0.15, 0.2) is 0 Å². The third-order valence-electron chi connectivity index (χ3n) is 5.33. The molecule has 0 radical (unpaired) electrons. The largest absolute Gasteiger partial charge is 0.348 e. The van der Waals surface area contributed by atoms with Gasteiger partial charge in [-0.1, -0.05) is 11.6 Å². The van der Waals surface area contributed by atoms with Crippen molar-refractivity contribution in [3.8, 4) is 0 Å². The minimum atomic E-state index is -0.0364. The van der Waals surface area contributed by atoms with Crippen LogP contribution in [0.2, 0.25) is 5.02 Å². The summed E-state index contributed by atoms with van der Waals surface area (Å²) < 4.78 is 0. The average Bonchev–Trinajstić information content (AvgIpc) is 3.20. The van der Waals surface area contributed by atoms with Crippen molar-refractivity contribution in [1.29, 1.82) is 0 Å². The van der Waals surface area contributed by atoms with E-state index < -0.39 is 0 Å². The number of aromatic nitrogens is 1. The zero-order valence-electron chi connectivity index (χ0n) is 15.1. The molecular weight excluding hydrogens is 362 g/mol. The SMILES string of the molecule is O=C(NC1CCCN(C2CC(c3ccncc3)NN2)C1)c1ccc(Cl)cc1. The Morgan fingerprint density at radius 2 is 1.93 bits per heavy atom. The number of hydrogen-bond donors (Lipinski definition) is 3. The molecule has 0 saturated carbocycles. The van der Waals surface area contributed by atoms with E-state index in [0.717, 1.165) is 32.4 Å². The lowest BCUT2D eigenvalue weighted by atomic mass is 10.0. The monoisotopic (exact) mass is 385 g/mol. The average molecular weight is 386 g/mol. The Morgan fingerprint density at radius 1 is 1.15 bits per heavy atom. The van der Waals surface area contributed by atoms with E-state index in [0.29, 0.717) is 10.6 Å². The number of carbonyl (C=O) groups is 1. The lowest BCUT2D eigenvalue weighted by Gasteiger charge is -2.36. The molecule has 2 aromatic rings. The molecule has 2 aliphatic heterocycles. The number of pyridine rings is 1. The molecule has 6 nitrogen and oxygen atoms in total. The van der Waals surface area contributed by atoms with Gasteiger partial charge in [0.05, 0.1) is 6.17 Å². The molecule has 0 aliphatic carbocycles. The second-order valence-electron chi connectivity index (χ2n) is 7.19. The maximum atomic E-state index is 12.5. The Labute approximate surface area is 164 Å². The van der Waals surface area contributed by atoms with Gasteiger partial charge in [0.25, 0.3) is 5.91 Å². The molecule has 7 heteroatoms. The highest BCUT2D eigenvalue weighted by atomic mass is 35.5. The summed E-state index contributed by atoms with van der Waals surface area (Å²) in [5, 5.41) is 3.81. The van der Waals surface area contributed by atoms with Crippen LogP contribution in [0.3, 0.4) is 0 Å². The number of nitrogens with one attached hydrogen (secondary N) is 3. The van der Waals surface area contributed by atoms with Crippen LogP contribution in [0.5, 0.6) is 0 Å². The highest BCUT2D eigenvalue weighted by molar-refractivity contribution is 6.30. The van der Waals surface area contributed by atoms with Gasteiger partial charge < -0.3 is 5.32 Å². The fourth-order valence-corrected chi connectivity index (χ4v) is 4.00. The number of halogens is 1. The molecule has 0 spiro atoms. The first-order valence-corrected chi connectivity index (χ1v) is 9.78. The summed E-state index contributed by atoms with van der Waals surface area (Å²) in [5.41, 5.74) is 8.69. The number of hydrazine groups is 1. The van der Waals surface area contributed by atoms with Gasteiger partial charge in [0.1, 0.15) is 0 Å². The summed E-state index contributed by atoms with van der Waals surface area (Å²) in [6, 6.07) is 11.6. The molecule has 3 heterocycles. The van der Waals surface area contributed by atoms with Gasteiger partial charge in [-0.05, 0) is 67.8 Å². The fourth-order valence-electron chi connectivity index (χ4n) is 3.87. The number of benzene rings is 1. The van der Waals surface area contributed by atoms with Crippen LogP contribution < -0.4 is 16.2 Å². The van der Waals surface area contributed by atoms with E-state index in [9.17, 15) is 4.79 Å². The summed E-state index contributed by atoms with van der Waals surface area (Å²) in [6.07, 6.45) is 6.98. The molecular formula is C20H24ClN5O. The summed E-state index contributed by atoms with van der Waals surface area (Å²) in [5.74, 6) is -0.0364. The standard InChI is InChI=1S/C20H24ClN5O/c21-16-5-3-15(4-6-16)20(27)23-17-2-1-11-26(13-17)19-12-18(24-25-19)14-7-9-22-10-8-14/h3-10,17-19,24-25H,1-2,11-13H2,(H,23,27). The number of carbonyl (C=O) groups excluding carboxylic acids is 1. The van der Waals surface area contributed by atoms with Gasteiger partial charge in [-0.15, -0.1) is 0 Å². The first-order valence-electron chi connectivity index (χ1n) is 9.40. The van der Waals surface area contributed by atoms with Crippen LogP contribution in [0.15, 0.2) is 48.8 Å². The first-order chi connectivity index (χ1) is 13.2. The van der Waals surface area contributed by atoms with E-state index in [2.05, 4.69) is 26.1 Å². The van der Waals surface area contributed by atoms with Crippen LogP contribution in [0.1, 0.15) is 41.2 Å². The Balaban J connectivity index is 1.33. The van der Waals surface area contributed by atoms with E-state index in [1.54, 1.807) is 24.3 Å². The molecule has 1 aromatic heterocycles. The van der Waals surface area contributed by atoms with Crippen molar-refractivity contribution >= 4 is 17.5 Å². The van der Waals surface area contributed by atoms with Crippen molar-refractivity contribution in [2.24, 2.45) is 0 Å². The third-order valence-corrected chi connectivity index (χ3v) is 5.58. The minimum Gasteiger partial charge on any atom is -0.348 e. The first kappa shape index (κ1) is 18.4. The van der Waals surface area contributed by atoms with Crippen LogP contribution >= 0.6 is 11.6 Å². The molecule has 3 atom stereocenters. The van der Waals surface area contributed by atoms with Gasteiger partial charge in [0.2, 0.25) is 0 Å². The van der Waals surface area contributed by atoms with E-state index in [1.807, 2.05) is 24.5 Å². The fraction of sp³-hybridized carbons (Fsp3) is 0.400. The van der Waals surface area contributed by atoms with Crippen molar-refractivity contribution in [2.75, 3.05) is 13.1 Å². The molecule has 2 fully saturated rings. The van der Waals surface area contributed by atoms with E-state index in [1.165, 1.54) is 5.56 Å². The predicted octanol–water partition coefficient (Wildman–Crippen LogP) is 2.49. The molecule has 1 amide bonds. The van der Waals surface area contributed by atoms with Crippen LogP contribution in [0.25, 0.3) is 0 Å². The van der Waals surface area contributed by atoms with Crippen molar-refractivity contribution in [1.82, 2.24) is 26.1 Å². The van der Waals surface area contributed by atoms with Gasteiger partial charge in [-0.3, -0.25) is 14.7 Å². The van der Waals surface area contributed by atoms with E-state index in [-0.39, 0.29) is 24.2 Å². The maximum Gasteiger partial charge on any atom is 0.251 e. The molecule has 0 bridgehead atoms. The molecule has 3 N–H and O–H groups in total. The highest BCUT2D eigenvalue weighted by Crippen LogP contribution is 2.25. The smallest absolute Gasteiger partial charge is 0.251 e. The van der Waals surface area contributed by atoms with E-state index in [4.69, 9.17) is 11.6 Å². The van der Waals surface area contributed by atoms with Gasteiger partial charge in [-0.2, -0.15) is 0 Å². The van der Waals surface area contributed by atoms with Crippen LogP contribution in [0.4, 0.5) is 0 Å². The van der Waals surface area contributed by atoms with Gasteiger partial charge >= 0.3 is 0 Å². The topological polar surface area (TPSA) is 69.3 Å². The zero-order chi connectivity index (χ0) is 18.6. The predicted molar refractivity (Wildman–Crippen MR) is 105 cm³/mol. The Morgan fingerprint density at radius 3 is 2.70 bits per heavy atom. The normalized spacial score (nSPS) is 26.0. The minimum absolute atomic E-state index is 0.0364. The second-order valence-corrected chi connectivity index (χ2v) is 7.62. The van der Waals surface area contributed by atoms with Gasteiger partial charge in [-0.25, -0.2) is 10.9 Å². The zero-order valence-corrected chi connectivity index (χ0v) is 15.8. The number of piperidine rings is 1. The molecule has 142 valence electrons. The highest BCUT2D eigenvalue weighted by Gasteiger charge is 2.32. The lowest BCUT2D eigenvalue weighted by Crippen LogP contribution is -2.54. The van der Waals surface area contributed by atoms with Crippen molar-refractivity contribution < 1.29 is 4.79 Å². The quantitative estimate of drug-likeness (QED) is 0.754. The molecule has 1 aromatic carbocycles. The molecule has 2 saturated heterocycles. The van der Waals surface area contributed by atoms with Gasteiger partial charge in [0, 0.05) is 41.6 Å². The Kier molecular flexibility index (Phi) is 5.69. The number of rotatable bonds is 4.